The molecule has 1 aliphatic rings. The molecule has 0 radical (unpaired) electrons. The van der Waals surface area contributed by atoms with Gasteiger partial charge in [-0.3, -0.25) is 14.5 Å². The lowest BCUT2D eigenvalue weighted by Crippen LogP contribution is -2.29. The highest BCUT2D eigenvalue weighted by Gasteiger charge is 2.48. The smallest absolute Gasteiger partial charge is 0.350 e. The fourth-order valence-electron chi connectivity index (χ4n) is 4.50. The second kappa shape index (κ2) is 14.1. The number of hydrogen-bond acceptors (Lipinski definition) is 9. The Morgan fingerprint density at radius 1 is 0.929 bits per heavy atom. The summed E-state index contributed by atoms with van der Waals surface area (Å²) in [6.07, 6.45) is 3.84. The Balaban J connectivity index is 1.78. The first-order chi connectivity index (χ1) is 20.3. The average Bonchev–Trinajstić information content (AvgIpc) is 3.50. The number of carbonyl (C=O) groups excluding carboxylic acids is 3. The Morgan fingerprint density at radius 3 is 2.05 bits per heavy atom. The van der Waals surface area contributed by atoms with E-state index in [2.05, 4.69) is 18.8 Å². The van der Waals surface area contributed by atoms with E-state index in [-0.39, 0.29) is 27.9 Å². The van der Waals surface area contributed by atoms with Gasteiger partial charge in [-0.25, -0.2) is 9.78 Å². The van der Waals surface area contributed by atoms with Gasteiger partial charge in [0.1, 0.15) is 22.1 Å². The molecule has 1 aliphatic heterocycles. The highest BCUT2D eigenvalue weighted by Crippen LogP contribution is 2.44. The van der Waals surface area contributed by atoms with Crippen molar-refractivity contribution in [3.63, 3.8) is 0 Å². The molecule has 1 atom stereocenters. The van der Waals surface area contributed by atoms with Crippen LogP contribution in [0.1, 0.15) is 79.0 Å². The molecule has 9 nitrogen and oxygen atoms in total. The fourth-order valence-corrected chi connectivity index (χ4v) is 5.48. The number of nitrogens with zero attached hydrogens (tertiary/aromatic N) is 2. The van der Waals surface area contributed by atoms with Gasteiger partial charge in [0, 0.05) is 5.56 Å². The van der Waals surface area contributed by atoms with Crippen LogP contribution in [0.25, 0.3) is 5.76 Å². The van der Waals surface area contributed by atoms with Gasteiger partial charge in [0.05, 0.1) is 37.1 Å². The van der Waals surface area contributed by atoms with Crippen LogP contribution in [0.15, 0.2) is 54.1 Å². The Labute approximate surface area is 249 Å². The van der Waals surface area contributed by atoms with Crippen molar-refractivity contribution in [3.05, 3.63) is 75.8 Å². The first-order valence-corrected chi connectivity index (χ1v) is 15.0. The van der Waals surface area contributed by atoms with E-state index in [1.165, 1.54) is 4.90 Å². The highest BCUT2D eigenvalue weighted by molar-refractivity contribution is 7.17. The van der Waals surface area contributed by atoms with E-state index in [9.17, 15) is 19.5 Å². The quantitative estimate of drug-likeness (QED) is 0.0775. The summed E-state index contributed by atoms with van der Waals surface area (Å²) in [5.41, 5.74) is 1.24. The number of esters is 1. The molecular weight excluding hydrogens is 556 g/mol. The molecule has 1 N–H and O–H groups in total. The molecule has 42 heavy (non-hydrogen) atoms. The number of rotatable bonds is 13. The number of benzene rings is 2. The Hall–Kier alpha value is -4.18. The third kappa shape index (κ3) is 6.65. The summed E-state index contributed by atoms with van der Waals surface area (Å²) in [7, 11) is 0. The van der Waals surface area contributed by atoms with Crippen LogP contribution in [0.2, 0.25) is 0 Å². The van der Waals surface area contributed by atoms with Gasteiger partial charge in [0.15, 0.2) is 5.13 Å². The summed E-state index contributed by atoms with van der Waals surface area (Å²) in [4.78, 5) is 45.5. The highest BCUT2D eigenvalue weighted by atomic mass is 32.1. The number of Topliss-reactive ketones (excluding diaryl/α,β-unsaturated/α-hetero) is 1. The molecule has 0 spiro atoms. The van der Waals surface area contributed by atoms with Crippen molar-refractivity contribution in [3.8, 4) is 11.5 Å². The Morgan fingerprint density at radius 2 is 1.50 bits per heavy atom. The summed E-state index contributed by atoms with van der Waals surface area (Å²) in [5.74, 6) is -1.29. The molecule has 10 heteroatoms. The zero-order valence-electron chi connectivity index (χ0n) is 24.3. The summed E-state index contributed by atoms with van der Waals surface area (Å²) < 4.78 is 16.7. The van der Waals surface area contributed by atoms with Crippen LogP contribution in [-0.4, -0.2) is 47.6 Å². The molecule has 2 heterocycles. The predicted molar refractivity (Wildman–Crippen MR) is 161 cm³/mol. The Bertz CT molecular complexity index is 1440. The van der Waals surface area contributed by atoms with E-state index in [0.29, 0.717) is 41.5 Å². The van der Waals surface area contributed by atoms with Crippen LogP contribution in [0.4, 0.5) is 5.13 Å². The maximum Gasteiger partial charge on any atom is 0.350 e. The SMILES string of the molecule is CCCCOc1ccc(C(O)=C2C(=O)C(=O)N(c3nc(C)c(C(=O)OCC)s3)[C@@H]2c2ccc(OCCCC)cc2)cc1. The van der Waals surface area contributed by atoms with E-state index in [4.69, 9.17) is 14.2 Å². The first-order valence-electron chi connectivity index (χ1n) is 14.2. The minimum absolute atomic E-state index is 0.0789. The van der Waals surface area contributed by atoms with E-state index < -0.39 is 23.7 Å². The van der Waals surface area contributed by atoms with Crippen molar-refractivity contribution >= 4 is 39.9 Å². The van der Waals surface area contributed by atoms with E-state index in [1.54, 1.807) is 62.4 Å². The molecule has 3 aromatic rings. The normalized spacial score (nSPS) is 16.1. The number of aliphatic hydroxyl groups excluding tert-OH is 1. The molecule has 0 saturated carbocycles. The minimum Gasteiger partial charge on any atom is -0.507 e. The number of hydrogen-bond donors (Lipinski definition) is 1. The Kier molecular flexibility index (Phi) is 10.4. The molecule has 1 fully saturated rings. The molecule has 2 aromatic carbocycles. The minimum atomic E-state index is -0.990. The number of amides is 1. The summed E-state index contributed by atoms with van der Waals surface area (Å²) in [5, 5.41) is 11.6. The maximum absolute atomic E-state index is 13.5. The van der Waals surface area contributed by atoms with Crippen LogP contribution in [0.3, 0.4) is 0 Å². The zero-order valence-corrected chi connectivity index (χ0v) is 25.2. The van der Waals surface area contributed by atoms with Crippen LogP contribution in [0, 0.1) is 6.92 Å². The van der Waals surface area contributed by atoms with Crippen LogP contribution in [0.5, 0.6) is 11.5 Å². The van der Waals surface area contributed by atoms with Gasteiger partial charge < -0.3 is 19.3 Å². The summed E-state index contributed by atoms with van der Waals surface area (Å²) >= 11 is 0.968. The number of carbonyl (C=O) groups is 3. The van der Waals surface area contributed by atoms with Crippen molar-refractivity contribution in [1.29, 1.82) is 0 Å². The second-order valence-corrected chi connectivity index (χ2v) is 10.8. The van der Waals surface area contributed by atoms with E-state index in [0.717, 1.165) is 37.0 Å². The van der Waals surface area contributed by atoms with Gasteiger partial charge in [-0.1, -0.05) is 50.2 Å². The first kappa shape index (κ1) is 30.8. The van der Waals surface area contributed by atoms with Crippen molar-refractivity contribution in [2.24, 2.45) is 0 Å². The molecule has 4 rings (SSSR count). The molecule has 1 aromatic heterocycles. The number of unbranched alkanes of at least 4 members (excludes halogenated alkanes) is 2. The average molecular weight is 593 g/mol. The second-order valence-electron chi connectivity index (χ2n) is 9.80. The summed E-state index contributed by atoms with van der Waals surface area (Å²) in [6, 6.07) is 12.8. The number of thiazole rings is 1. The number of ether oxygens (including phenoxy) is 3. The van der Waals surface area contributed by atoms with Crippen LogP contribution < -0.4 is 14.4 Å². The largest absolute Gasteiger partial charge is 0.507 e. The predicted octanol–water partition coefficient (Wildman–Crippen LogP) is 6.61. The maximum atomic E-state index is 13.5. The third-order valence-corrected chi connectivity index (χ3v) is 7.89. The topological polar surface area (TPSA) is 115 Å². The van der Waals surface area contributed by atoms with Crippen LogP contribution in [-0.2, 0) is 14.3 Å². The van der Waals surface area contributed by atoms with Crippen molar-refractivity contribution in [2.45, 2.75) is 59.4 Å². The summed E-state index contributed by atoms with van der Waals surface area (Å²) in [6.45, 7) is 8.83. The van der Waals surface area contributed by atoms with Crippen molar-refractivity contribution < 1.29 is 33.7 Å². The third-order valence-electron chi connectivity index (χ3n) is 6.75. The fraction of sp³-hybridized carbons (Fsp3) is 0.375. The van der Waals surface area contributed by atoms with Gasteiger partial charge >= 0.3 is 11.9 Å². The van der Waals surface area contributed by atoms with Crippen molar-refractivity contribution in [2.75, 3.05) is 24.7 Å². The lowest BCUT2D eigenvalue weighted by atomic mass is 9.95. The van der Waals surface area contributed by atoms with Gasteiger partial charge in [-0.15, -0.1) is 0 Å². The van der Waals surface area contributed by atoms with Crippen molar-refractivity contribution in [1.82, 2.24) is 4.98 Å². The van der Waals surface area contributed by atoms with E-state index in [1.807, 2.05) is 0 Å². The molecule has 0 bridgehead atoms. The zero-order chi connectivity index (χ0) is 30.2. The molecule has 0 unspecified atom stereocenters. The van der Waals surface area contributed by atoms with Gasteiger partial charge in [0.2, 0.25) is 0 Å². The monoisotopic (exact) mass is 592 g/mol. The standard InChI is InChI=1S/C32H36N2O7S/c1-5-8-18-40-23-14-10-21(11-15-23)26-25(27(35)22-12-16-24(17-13-22)41-19-9-6-2)28(36)30(37)34(26)32-33-20(4)29(42-32)31(38)39-7-3/h10-17,26,35H,5-9,18-19H2,1-4H3/t26-/m1/s1. The van der Waals surface area contributed by atoms with Crippen LogP contribution >= 0.6 is 11.3 Å². The lowest BCUT2D eigenvalue weighted by Gasteiger charge is -2.23. The molecule has 0 aliphatic carbocycles. The number of anilines is 1. The number of aliphatic hydroxyl groups is 1. The van der Waals surface area contributed by atoms with E-state index >= 15 is 0 Å². The van der Waals surface area contributed by atoms with Gasteiger partial charge in [-0.2, -0.15) is 0 Å². The number of ketones is 1. The van der Waals surface area contributed by atoms with Gasteiger partial charge in [-0.05, 0) is 68.7 Å². The number of aryl methyl sites for hydroxylation is 1. The van der Waals surface area contributed by atoms with Gasteiger partial charge in [0.25, 0.3) is 5.78 Å². The molecule has 222 valence electrons. The molecular formula is C32H36N2O7S. The molecule has 1 amide bonds. The lowest BCUT2D eigenvalue weighted by molar-refractivity contribution is -0.132. The molecule has 1 saturated heterocycles. The number of aromatic nitrogens is 1.